The van der Waals surface area contributed by atoms with Crippen LogP contribution in [0.2, 0.25) is 5.02 Å². The van der Waals surface area contributed by atoms with Gasteiger partial charge in [0.15, 0.2) is 9.84 Å². The summed E-state index contributed by atoms with van der Waals surface area (Å²) in [4.78, 5) is 4.05. The predicted octanol–water partition coefficient (Wildman–Crippen LogP) is 1.99. The highest BCUT2D eigenvalue weighted by Crippen LogP contribution is 2.28. The predicted molar refractivity (Wildman–Crippen MR) is 75.9 cm³/mol. The summed E-state index contributed by atoms with van der Waals surface area (Å²) >= 11 is 5.77. The number of hydrogen-bond donors (Lipinski definition) is 1. The van der Waals surface area contributed by atoms with E-state index in [1.54, 1.807) is 4.57 Å². The number of imidazole rings is 1. The Bertz CT molecular complexity index is 788. The fourth-order valence-corrected chi connectivity index (χ4v) is 4.56. The van der Waals surface area contributed by atoms with E-state index in [1.165, 1.54) is 12.1 Å². The highest BCUT2D eigenvalue weighted by Gasteiger charge is 2.32. The van der Waals surface area contributed by atoms with Gasteiger partial charge in [0.2, 0.25) is 5.95 Å². The first-order chi connectivity index (χ1) is 9.38. The molecule has 20 heavy (non-hydrogen) atoms. The zero-order chi connectivity index (χ0) is 14.5. The maximum Gasteiger partial charge on any atom is 0.201 e. The first-order valence-electron chi connectivity index (χ1n) is 6.21. The van der Waals surface area contributed by atoms with Crippen LogP contribution < -0.4 is 5.73 Å². The van der Waals surface area contributed by atoms with E-state index >= 15 is 0 Å². The van der Waals surface area contributed by atoms with Gasteiger partial charge in [-0.1, -0.05) is 11.6 Å². The summed E-state index contributed by atoms with van der Waals surface area (Å²) in [6, 6.07) is 2.63. The molecular weight excluding hydrogens is 305 g/mol. The Morgan fingerprint density at radius 3 is 2.90 bits per heavy atom. The SMILES string of the molecule is Nc1nc2cc(F)c(Cl)cc2n1CC1CCCS1(=O)=O. The summed E-state index contributed by atoms with van der Waals surface area (Å²) < 4.78 is 38.8. The van der Waals surface area contributed by atoms with Crippen LogP contribution in [0.4, 0.5) is 10.3 Å². The Morgan fingerprint density at radius 1 is 1.50 bits per heavy atom. The van der Waals surface area contributed by atoms with Crippen molar-refractivity contribution in [2.75, 3.05) is 11.5 Å². The normalized spacial score (nSPS) is 21.6. The third-order valence-electron chi connectivity index (χ3n) is 3.67. The summed E-state index contributed by atoms with van der Waals surface area (Å²) in [5, 5.41) is -0.501. The van der Waals surface area contributed by atoms with Crippen molar-refractivity contribution in [2.24, 2.45) is 0 Å². The number of halogens is 2. The molecule has 1 aliphatic rings. The molecule has 0 aliphatic carbocycles. The van der Waals surface area contributed by atoms with Crippen LogP contribution in [0.15, 0.2) is 12.1 Å². The largest absolute Gasteiger partial charge is 0.369 e. The molecule has 1 fully saturated rings. The van der Waals surface area contributed by atoms with E-state index in [2.05, 4.69) is 4.98 Å². The summed E-state index contributed by atoms with van der Waals surface area (Å²) in [7, 11) is -3.08. The zero-order valence-electron chi connectivity index (χ0n) is 10.5. The van der Waals surface area contributed by atoms with E-state index in [1.807, 2.05) is 0 Å². The van der Waals surface area contributed by atoms with Gasteiger partial charge in [-0.3, -0.25) is 0 Å². The van der Waals surface area contributed by atoms with Crippen LogP contribution in [0.25, 0.3) is 11.0 Å². The number of nitrogens with zero attached hydrogens (tertiary/aromatic N) is 2. The van der Waals surface area contributed by atoms with E-state index in [0.29, 0.717) is 23.9 Å². The van der Waals surface area contributed by atoms with Crippen molar-refractivity contribution < 1.29 is 12.8 Å². The van der Waals surface area contributed by atoms with Crippen molar-refractivity contribution in [2.45, 2.75) is 24.6 Å². The molecule has 0 bridgehead atoms. The number of anilines is 1. The molecule has 1 saturated heterocycles. The van der Waals surface area contributed by atoms with Crippen LogP contribution in [0.1, 0.15) is 12.8 Å². The molecule has 2 aromatic rings. The lowest BCUT2D eigenvalue weighted by atomic mass is 10.2. The lowest BCUT2D eigenvalue weighted by molar-refractivity contribution is 0.571. The van der Waals surface area contributed by atoms with Crippen molar-refractivity contribution in [1.82, 2.24) is 9.55 Å². The Morgan fingerprint density at radius 2 is 2.25 bits per heavy atom. The smallest absolute Gasteiger partial charge is 0.201 e. The average molecular weight is 318 g/mol. The van der Waals surface area contributed by atoms with Crippen molar-refractivity contribution >= 4 is 38.4 Å². The van der Waals surface area contributed by atoms with E-state index in [9.17, 15) is 12.8 Å². The molecule has 8 heteroatoms. The molecule has 0 radical (unpaired) electrons. The fraction of sp³-hybridized carbons (Fsp3) is 0.417. The number of aromatic nitrogens is 2. The van der Waals surface area contributed by atoms with Crippen molar-refractivity contribution in [3.63, 3.8) is 0 Å². The Hall–Kier alpha value is -1.34. The first-order valence-corrected chi connectivity index (χ1v) is 8.30. The Kier molecular flexibility index (Phi) is 3.13. The summed E-state index contributed by atoms with van der Waals surface area (Å²) in [6.45, 7) is 0.229. The number of benzene rings is 1. The van der Waals surface area contributed by atoms with E-state index in [-0.39, 0.29) is 23.3 Å². The number of nitrogen functional groups attached to an aromatic ring is 1. The first kappa shape index (κ1) is 13.6. The Balaban J connectivity index is 2.07. The minimum Gasteiger partial charge on any atom is -0.369 e. The van der Waals surface area contributed by atoms with Gasteiger partial charge < -0.3 is 10.3 Å². The number of hydrogen-bond acceptors (Lipinski definition) is 4. The van der Waals surface area contributed by atoms with Crippen LogP contribution in [0, 0.1) is 5.82 Å². The highest BCUT2D eigenvalue weighted by molar-refractivity contribution is 7.92. The van der Waals surface area contributed by atoms with Gasteiger partial charge in [0.25, 0.3) is 0 Å². The second-order valence-corrected chi connectivity index (χ2v) is 7.77. The Labute approximate surface area is 120 Å². The monoisotopic (exact) mass is 317 g/mol. The minimum atomic E-state index is -3.08. The van der Waals surface area contributed by atoms with E-state index in [0.717, 1.165) is 0 Å². The lowest BCUT2D eigenvalue weighted by Gasteiger charge is -2.12. The van der Waals surface area contributed by atoms with E-state index < -0.39 is 20.9 Å². The highest BCUT2D eigenvalue weighted by atomic mass is 35.5. The standard InChI is InChI=1S/C12H13ClFN3O2S/c13-8-4-11-10(5-9(8)14)16-12(15)17(11)6-7-2-1-3-20(7,18)19/h4-5,7H,1-3,6H2,(H2,15,16). The van der Waals surface area contributed by atoms with Crippen molar-refractivity contribution in [3.05, 3.63) is 23.0 Å². The molecule has 2 N–H and O–H groups in total. The molecule has 0 saturated carbocycles. The third kappa shape index (κ3) is 2.14. The molecule has 1 aromatic heterocycles. The van der Waals surface area contributed by atoms with Gasteiger partial charge in [-0.25, -0.2) is 17.8 Å². The second-order valence-electron chi connectivity index (χ2n) is 4.97. The van der Waals surface area contributed by atoms with Crippen molar-refractivity contribution in [1.29, 1.82) is 0 Å². The molecule has 2 heterocycles. The quantitative estimate of drug-likeness (QED) is 0.918. The van der Waals surface area contributed by atoms with Gasteiger partial charge in [0.05, 0.1) is 27.1 Å². The fourth-order valence-electron chi connectivity index (χ4n) is 2.60. The maximum atomic E-state index is 13.4. The van der Waals surface area contributed by atoms with E-state index in [4.69, 9.17) is 17.3 Å². The van der Waals surface area contributed by atoms with Crippen LogP contribution in [0.3, 0.4) is 0 Å². The van der Waals surface area contributed by atoms with Gasteiger partial charge in [-0.15, -0.1) is 0 Å². The minimum absolute atomic E-state index is 0.0343. The molecule has 5 nitrogen and oxygen atoms in total. The van der Waals surface area contributed by atoms with Crippen LogP contribution in [-0.2, 0) is 16.4 Å². The number of rotatable bonds is 2. The summed E-state index contributed by atoms with van der Waals surface area (Å²) in [5.41, 5.74) is 6.74. The number of sulfone groups is 1. The zero-order valence-corrected chi connectivity index (χ0v) is 12.1. The number of nitrogens with two attached hydrogens (primary N) is 1. The van der Waals surface area contributed by atoms with Crippen LogP contribution in [-0.4, -0.2) is 29.0 Å². The molecule has 1 atom stereocenters. The average Bonchev–Trinajstić information content (AvgIpc) is 2.83. The molecule has 108 valence electrons. The lowest BCUT2D eigenvalue weighted by Crippen LogP contribution is -2.23. The number of fused-ring (bicyclic) bond motifs is 1. The van der Waals surface area contributed by atoms with Crippen LogP contribution in [0.5, 0.6) is 0 Å². The molecule has 0 spiro atoms. The third-order valence-corrected chi connectivity index (χ3v) is 6.22. The summed E-state index contributed by atoms with van der Waals surface area (Å²) in [5.74, 6) is -0.194. The summed E-state index contributed by atoms with van der Waals surface area (Å²) in [6.07, 6.45) is 1.27. The maximum absolute atomic E-state index is 13.4. The van der Waals surface area contributed by atoms with Gasteiger partial charge in [0, 0.05) is 12.6 Å². The molecule has 1 unspecified atom stereocenters. The molecule has 3 rings (SSSR count). The van der Waals surface area contributed by atoms with Gasteiger partial charge in [0.1, 0.15) is 5.82 Å². The molecule has 1 aromatic carbocycles. The second kappa shape index (κ2) is 4.60. The van der Waals surface area contributed by atoms with Crippen LogP contribution >= 0.6 is 11.6 Å². The van der Waals surface area contributed by atoms with Crippen molar-refractivity contribution in [3.8, 4) is 0 Å². The van der Waals surface area contributed by atoms with Gasteiger partial charge in [-0.05, 0) is 18.9 Å². The molecule has 0 amide bonds. The van der Waals surface area contributed by atoms with Gasteiger partial charge in [-0.2, -0.15) is 0 Å². The molecular formula is C12H13ClFN3O2S. The van der Waals surface area contributed by atoms with Gasteiger partial charge >= 0.3 is 0 Å². The topological polar surface area (TPSA) is 78.0 Å². The molecule has 1 aliphatic heterocycles.